The summed E-state index contributed by atoms with van der Waals surface area (Å²) in [6, 6.07) is 5.60. The summed E-state index contributed by atoms with van der Waals surface area (Å²) in [4.78, 5) is 43.4. The first-order chi connectivity index (χ1) is 13.0. The second-order valence-electron chi connectivity index (χ2n) is 6.41. The average Bonchev–Trinajstić information content (AvgIpc) is 3.14. The monoisotopic (exact) mass is 387 g/mol. The summed E-state index contributed by atoms with van der Waals surface area (Å²) in [7, 11) is 0. The van der Waals surface area contributed by atoms with Crippen LogP contribution >= 0.6 is 11.3 Å². The van der Waals surface area contributed by atoms with E-state index in [1.165, 1.54) is 23.1 Å². The maximum absolute atomic E-state index is 13.0. The molecular formula is C19H21N3O4S. The Morgan fingerprint density at radius 1 is 1.30 bits per heavy atom. The van der Waals surface area contributed by atoms with Crippen LogP contribution < -0.4 is 5.32 Å². The van der Waals surface area contributed by atoms with Gasteiger partial charge in [0.25, 0.3) is 5.91 Å². The molecule has 0 saturated carbocycles. The van der Waals surface area contributed by atoms with Crippen molar-refractivity contribution in [2.75, 3.05) is 6.54 Å². The molecule has 0 bridgehead atoms. The van der Waals surface area contributed by atoms with Gasteiger partial charge >= 0.3 is 5.97 Å². The summed E-state index contributed by atoms with van der Waals surface area (Å²) in [5.41, 5.74) is 0.946. The lowest BCUT2D eigenvalue weighted by atomic mass is 10.1. The number of rotatable bonds is 6. The molecule has 142 valence electrons. The van der Waals surface area contributed by atoms with Crippen LogP contribution in [-0.4, -0.2) is 45.4 Å². The summed E-state index contributed by atoms with van der Waals surface area (Å²) in [6.45, 7) is 3.14. The Bertz CT molecular complexity index is 864. The molecule has 1 unspecified atom stereocenters. The van der Waals surface area contributed by atoms with Crippen molar-refractivity contribution in [2.24, 2.45) is 0 Å². The smallest absolute Gasteiger partial charge is 0.354 e. The van der Waals surface area contributed by atoms with E-state index in [2.05, 4.69) is 10.3 Å². The molecule has 2 amide bonds. The number of nitrogens with one attached hydrogen (secondary N) is 1. The van der Waals surface area contributed by atoms with E-state index < -0.39 is 17.9 Å². The highest BCUT2D eigenvalue weighted by Gasteiger charge is 2.29. The molecule has 3 rings (SSSR count). The van der Waals surface area contributed by atoms with Crippen molar-refractivity contribution in [3.8, 4) is 0 Å². The zero-order chi connectivity index (χ0) is 19.4. The van der Waals surface area contributed by atoms with Crippen molar-refractivity contribution in [1.29, 1.82) is 0 Å². The number of aromatic carboxylic acids is 1. The van der Waals surface area contributed by atoms with Gasteiger partial charge in [-0.2, -0.15) is 0 Å². The van der Waals surface area contributed by atoms with Gasteiger partial charge in [0.15, 0.2) is 0 Å². The summed E-state index contributed by atoms with van der Waals surface area (Å²) >= 11 is 1.71. The van der Waals surface area contributed by atoms with Crippen molar-refractivity contribution in [2.45, 2.75) is 38.8 Å². The Balaban J connectivity index is 1.71. The predicted molar refractivity (Wildman–Crippen MR) is 101 cm³/mol. The molecule has 2 N–H and O–H groups in total. The van der Waals surface area contributed by atoms with Gasteiger partial charge in [0.1, 0.15) is 17.4 Å². The van der Waals surface area contributed by atoms with Crippen LogP contribution in [0, 0.1) is 0 Å². The van der Waals surface area contributed by atoms with Crippen molar-refractivity contribution in [3.05, 3.63) is 51.5 Å². The molecular weight excluding hydrogens is 366 g/mol. The van der Waals surface area contributed by atoms with Crippen LogP contribution in [0.25, 0.3) is 0 Å². The molecule has 8 heteroatoms. The molecule has 2 aromatic rings. The van der Waals surface area contributed by atoms with Gasteiger partial charge in [-0.1, -0.05) is 19.4 Å². The third kappa shape index (κ3) is 4.33. The number of carboxylic acids is 1. The summed E-state index contributed by atoms with van der Waals surface area (Å²) < 4.78 is 0. The zero-order valence-corrected chi connectivity index (χ0v) is 15.8. The Hall–Kier alpha value is -2.74. The molecule has 0 saturated heterocycles. The lowest BCUT2D eigenvalue weighted by Gasteiger charge is -2.30. The van der Waals surface area contributed by atoms with Gasteiger partial charge in [-0.25, -0.2) is 9.78 Å². The Morgan fingerprint density at radius 2 is 2.07 bits per heavy atom. The fourth-order valence-corrected chi connectivity index (χ4v) is 4.01. The average molecular weight is 387 g/mol. The van der Waals surface area contributed by atoms with Crippen LogP contribution in [0.2, 0.25) is 0 Å². The van der Waals surface area contributed by atoms with E-state index in [9.17, 15) is 14.4 Å². The second kappa shape index (κ2) is 8.30. The van der Waals surface area contributed by atoms with Gasteiger partial charge < -0.3 is 15.3 Å². The number of amides is 2. The van der Waals surface area contributed by atoms with Gasteiger partial charge in [0.2, 0.25) is 5.91 Å². The van der Waals surface area contributed by atoms with Crippen LogP contribution in [0.15, 0.2) is 29.6 Å². The topological polar surface area (TPSA) is 99.6 Å². The van der Waals surface area contributed by atoms with Crippen molar-refractivity contribution in [1.82, 2.24) is 15.2 Å². The van der Waals surface area contributed by atoms with Crippen LogP contribution in [0.1, 0.15) is 51.2 Å². The standard InChI is InChI=1S/C19H21N3O4S/c1-2-4-14(18(24)22-9-7-16-12(11-22)8-10-27-16)21-17(23)13-5-3-6-15(20-13)19(25)26/h3,5-6,8,10,14H,2,4,7,9,11H2,1H3,(H,21,23)(H,25,26). The summed E-state index contributed by atoms with van der Waals surface area (Å²) in [5.74, 6) is -1.86. The van der Waals surface area contributed by atoms with E-state index in [0.29, 0.717) is 19.5 Å². The lowest BCUT2D eigenvalue weighted by molar-refractivity contribution is -0.134. The molecule has 1 aliphatic heterocycles. The third-order valence-electron chi connectivity index (χ3n) is 4.50. The van der Waals surface area contributed by atoms with E-state index in [-0.39, 0.29) is 17.3 Å². The maximum Gasteiger partial charge on any atom is 0.354 e. The van der Waals surface area contributed by atoms with Gasteiger partial charge in [0.05, 0.1) is 0 Å². The Kier molecular flexibility index (Phi) is 5.85. The number of carbonyl (C=O) groups is 3. The molecule has 0 fully saturated rings. The van der Waals surface area contributed by atoms with E-state index >= 15 is 0 Å². The fourth-order valence-electron chi connectivity index (χ4n) is 3.12. The van der Waals surface area contributed by atoms with Crippen molar-refractivity contribution in [3.63, 3.8) is 0 Å². The zero-order valence-electron chi connectivity index (χ0n) is 15.0. The van der Waals surface area contributed by atoms with E-state index in [0.717, 1.165) is 18.4 Å². The van der Waals surface area contributed by atoms with Gasteiger partial charge in [-0.05, 0) is 42.0 Å². The quantitative estimate of drug-likeness (QED) is 0.792. The Morgan fingerprint density at radius 3 is 2.81 bits per heavy atom. The van der Waals surface area contributed by atoms with Crippen LogP contribution in [-0.2, 0) is 17.8 Å². The van der Waals surface area contributed by atoms with E-state index in [1.807, 2.05) is 18.4 Å². The molecule has 1 aliphatic rings. The largest absolute Gasteiger partial charge is 0.477 e. The third-order valence-corrected chi connectivity index (χ3v) is 5.52. The summed E-state index contributed by atoms with van der Waals surface area (Å²) in [6.07, 6.45) is 2.07. The van der Waals surface area contributed by atoms with Crippen molar-refractivity contribution >= 4 is 29.1 Å². The molecule has 0 radical (unpaired) electrons. The van der Waals surface area contributed by atoms with Gasteiger partial charge in [-0.15, -0.1) is 11.3 Å². The highest BCUT2D eigenvalue weighted by molar-refractivity contribution is 7.10. The SMILES string of the molecule is CCCC(NC(=O)c1cccc(C(=O)O)n1)C(=O)N1CCc2sccc2C1. The molecule has 1 atom stereocenters. The van der Waals surface area contributed by atoms with Crippen LogP contribution in [0.5, 0.6) is 0 Å². The normalized spacial score (nSPS) is 14.3. The number of carbonyl (C=O) groups excluding carboxylic acids is 2. The highest BCUT2D eigenvalue weighted by atomic mass is 32.1. The minimum Gasteiger partial charge on any atom is -0.477 e. The number of hydrogen-bond acceptors (Lipinski definition) is 5. The number of pyridine rings is 1. The van der Waals surface area contributed by atoms with E-state index in [1.54, 1.807) is 16.2 Å². The number of nitrogens with zero attached hydrogens (tertiary/aromatic N) is 2. The number of fused-ring (bicyclic) bond motifs is 1. The minimum absolute atomic E-state index is 0.0115. The molecule has 7 nitrogen and oxygen atoms in total. The highest BCUT2D eigenvalue weighted by Crippen LogP contribution is 2.24. The first kappa shape index (κ1) is 19.0. The molecule has 27 heavy (non-hydrogen) atoms. The predicted octanol–water partition coefficient (Wildman–Crippen LogP) is 2.32. The molecule has 0 spiro atoms. The maximum atomic E-state index is 13.0. The molecule has 2 aromatic heterocycles. The van der Waals surface area contributed by atoms with Gasteiger partial charge in [-0.3, -0.25) is 9.59 Å². The molecule has 0 aliphatic carbocycles. The molecule has 3 heterocycles. The minimum atomic E-state index is -1.20. The van der Waals surface area contributed by atoms with Gasteiger partial charge in [0, 0.05) is 18.0 Å². The Labute approximate surface area is 161 Å². The summed E-state index contributed by atoms with van der Waals surface area (Å²) in [5, 5.41) is 13.8. The van der Waals surface area contributed by atoms with Crippen molar-refractivity contribution < 1.29 is 19.5 Å². The van der Waals surface area contributed by atoms with Crippen LogP contribution in [0.4, 0.5) is 0 Å². The second-order valence-corrected chi connectivity index (χ2v) is 7.41. The first-order valence-corrected chi connectivity index (χ1v) is 9.72. The first-order valence-electron chi connectivity index (χ1n) is 8.84. The number of thiophene rings is 1. The number of hydrogen-bond donors (Lipinski definition) is 2. The van der Waals surface area contributed by atoms with E-state index in [4.69, 9.17) is 5.11 Å². The fraction of sp³-hybridized carbons (Fsp3) is 0.368. The molecule has 0 aromatic carbocycles. The number of carboxylic acid groups (broad SMARTS) is 1. The lowest BCUT2D eigenvalue weighted by Crippen LogP contribution is -2.49. The van der Waals surface area contributed by atoms with Crippen LogP contribution in [0.3, 0.4) is 0 Å². The number of aromatic nitrogens is 1.